The van der Waals surface area contributed by atoms with Gasteiger partial charge in [-0.2, -0.15) is 0 Å². The number of carboxylic acids is 1. The highest BCUT2D eigenvalue weighted by Gasteiger charge is 2.48. The normalized spacial score (nSPS) is 19.9. The molecule has 0 radical (unpaired) electrons. The molecule has 230 valence electrons. The number of benzene rings is 2. The number of methoxy groups -OCH3 is 1. The van der Waals surface area contributed by atoms with Crippen LogP contribution in [0.2, 0.25) is 0 Å². The minimum absolute atomic E-state index is 0.0442. The Morgan fingerprint density at radius 3 is 2.50 bits per heavy atom. The van der Waals surface area contributed by atoms with E-state index in [1.54, 1.807) is 7.11 Å². The number of amides is 1. The number of fused-ring (bicyclic) bond motifs is 1. The third-order valence-electron chi connectivity index (χ3n) is 8.41. The van der Waals surface area contributed by atoms with E-state index in [2.05, 4.69) is 32.0 Å². The van der Waals surface area contributed by atoms with Crippen molar-refractivity contribution in [3.63, 3.8) is 0 Å². The smallest absolute Gasteiger partial charge is 0.308 e. The Kier molecular flexibility index (Phi) is 11.5. The molecular weight excluding hydrogens is 534 g/mol. The van der Waals surface area contributed by atoms with Crippen molar-refractivity contribution >= 4 is 11.9 Å². The van der Waals surface area contributed by atoms with Crippen molar-refractivity contribution in [3.8, 4) is 17.2 Å². The van der Waals surface area contributed by atoms with Crippen LogP contribution in [0.4, 0.5) is 0 Å². The molecule has 1 fully saturated rings. The van der Waals surface area contributed by atoms with Gasteiger partial charge in [-0.1, -0.05) is 37.6 Å². The summed E-state index contributed by atoms with van der Waals surface area (Å²) in [6, 6.07) is 12.9. The molecule has 9 heteroatoms. The molecule has 2 heterocycles. The quantitative estimate of drug-likeness (QED) is 0.296. The van der Waals surface area contributed by atoms with Crippen molar-refractivity contribution in [2.45, 2.75) is 51.0 Å². The Bertz CT molecular complexity index is 1190. The maximum Gasteiger partial charge on any atom is 0.308 e. The van der Waals surface area contributed by atoms with Crippen LogP contribution in [0.25, 0.3) is 0 Å². The van der Waals surface area contributed by atoms with Gasteiger partial charge in [0.15, 0.2) is 11.5 Å². The molecule has 0 saturated carbocycles. The molecule has 1 saturated heterocycles. The number of nitrogens with zero attached hydrogens (tertiary/aromatic N) is 3. The van der Waals surface area contributed by atoms with Crippen molar-refractivity contribution in [2.75, 3.05) is 67.1 Å². The molecule has 2 aromatic rings. The van der Waals surface area contributed by atoms with E-state index in [1.807, 2.05) is 46.2 Å². The Morgan fingerprint density at radius 2 is 1.79 bits per heavy atom. The van der Waals surface area contributed by atoms with Crippen LogP contribution in [-0.4, -0.2) is 105 Å². The minimum Gasteiger partial charge on any atom is -0.493 e. The number of carboxylic acid groups (broad SMARTS) is 1. The monoisotopic (exact) mass is 581 g/mol. The number of unbranched alkanes of at least 4 members (excludes halogenated alkanes) is 2. The largest absolute Gasteiger partial charge is 0.493 e. The lowest BCUT2D eigenvalue weighted by molar-refractivity contribution is -0.144. The molecule has 2 aliphatic rings. The zero-order valence-corrected chi connectivity index (χ0v) is 25.6. The maximum atomic E-state index is 13.8. The molecule has 2 aliphatic heterocycles. The summed E-state index contributed by atoms with van der Waals surface area (Å²) in [4.78, 5) is 32.8. The molecule has 2 aromatic carbocycles. The zero-order chi connectivity index (χ0) is 30.1. The van der Waals surface area contributed by atoms with Crippen LogP contribution in [0.3, 0.4) is 0 Å². The fourth-order valence-electron chi connectivity index (χ4n) is 6.10. The number of para-hydroxylation sites is 2. The van der Waals surface area contributed by atoms with Crippen LogP contribution in [0, 0.1) is 5.92 Å². The predicted octanol–water partition coefficient (Wildman–Crippen LogP) is 4.15. The van der Waals surface area contributed by atoms with Gasteiger partial charge < -0.3 is 29.1 Å². The first-order valence-electron chi connectivity index (χ1n) is 15.2. The van der Waals surface area contributed by atoms with Crippen LogP contribution in [-0.2, 0) is 16.0 Å². The first-order chi connectivity index (χ1) is 20.3. The molecule has 4 rings (SSSR count). The van der Waals surface area contributed by atoms with Crippen LogP contribution < -0.4 is 14.2 Å². The standard InChI is InChI=1S/C33H47N3O6/c1-5-6-17-35(18-10-9-16-34(2)3)31(37)22-36-21-26(24-13-14-28-25(20-24)15-19-41-28)32(33(38)39)27(36)23-42-30-12-8-7-11-29(30)40-4/h7-8,11-14,20,26-27,32H,5-6,9-10,15-19,21-23H2,1-4H3,(H,38,39)/t26-,27+,32-/m1/s1. The first-order valence-corrected chi connectivity index (χ1v) is 15.2. The Morgan fingerprint density at radius 1 is 1.05 bits per heavy atom. The molecule has 0 bridgehead atoms. The summed E-state index contributed by atoms with van der Waals surface area (Å²) in [5, 5.41) is 10.5. The molecule has 1 N–H and O–H groups in total. The number of likely N-dealkylation sites (tertiary alicyclic amines) is 1. The summed E-state index contributed by atoms with van der Waals surface area (Å²) in [6.45, 7) is 5.93. The topological polar surface area (TPSA) is 91.8 Å². The third-order valence-corrected chi connectivity index (χ3v) is 8.41. The Hall–Kier alpha value is -3.30. The summed E-state index contributed by atoms with van der Waals surface area (Å²) in [7, 11) is 5.70. The van der Waals surface area contributed by atoms with Crippen molar-refractivity contribution in [1.29, 1.82) is 0 Å². The van der Waals surface area contributed by atoms with Crippen molar-refractivity contribution in [1.82, 2.24) is 14.7 Å². The number of carbonyl (C=O) groups is 2. The zero-order valence-electron chi connectivity index (χ0n) is 25.6. The van der Waals surface area contributed by atoms with Crippen LogP contribution >= 0.6 is 0 Å². The second kappa shape index (κ2) is 15.3. The van der Waals surface area contributed by atoms with Gasteiger partial charge in [-0.3, -0.25) is 14.5 Å². The fraction of sp³-hybridized carbons (Fsp3) is 0.576. The van der Waals surface area contributed by atoms with E-state index >= 15 is 0 Å². The average molecular weight is 582 g/mol. The third kappa shape index (κ3) is 7.95. The van der Waals surface area contributed by atoms with E-state index < -0.39 is 17.9 Å². The lowest BCUT2D eigenvalue weighted by atomic mass is 9.84. The highest BCUT2D eigenvalue weighted by Crippen LogP contribution is 2.40. The molecule has 0 spiro atoms. The molecule has 0 unspecified atom stereocenters. The van der Waals surface area contributed by atoms with Gasteiger partial charge in [-0.25, -0.2) is 0 Å². The van der Waals surface area contributed by atoms with E-state index in [4.69, 9.17) is 14.2 Å². The lowest BCUT2D eigenvalue weighted by Crippen LogP contribution is -2.46. The number of carbonyl (C=O) groups excluding carboxylic acids is 1. The number of aliphatic carboxylic acids is 1. The van der Waals surface area contributed by atoms with E-state index in [0.717, 1.165) is 55.5 Å². The molecule has 9 nitrogen and oxygen atoms in total. The van der Waals surface area contributed by atoms with Crippen LogP contribution in [0.1, 0.15) is 49.7 Å². The molecular formula is C33H47N3O6. The van der Waals surface area contributed by atoms with Gasteiger partial charge in [0.25, 0.3) is 0 Å². The summed E-state index contributed by atoms with van der Waals surface area (Å²) >= 11 is 0. The van der Waals surface area contributed by atoms with Crippen molar-refractivity contribution in [3.05, 3.63) is 53.6 Å². The van der Waals surface area contributed by atoms with E-state index in [0.29, 0.717) is 37.7 Å². The molecule has 3 atom stereocenters. The van der Waals surface area contributed by atoms with Gasteiger partial charge in [0.1, 0.15) is 12.4 Å². The second-order valence-electron chi connectivity index (χ2n) is 11.6. The van der Waals surface area contributed by atoms with E-state index in [9.17, 15) is 14.7 Å². The van der Waals surface area contributed by atoms with Gasteiger partial charge in [0.05, 0.1) is 32.2 Å². The predicted molar refractivity (Wildman–Crippen MR) is 163 cm³/mol. The highest BCUT2D eigenvalue weighted by molar-refractivity contribution is 5.79. The average Bonchev–Trinajstić information content (AvgIpc) is 3.59. The van der Waals surface area contributed by atoms with Gasteiger partial charge in [-0.15, -0.1) is 0 Å². The first kappa shape index (κ1) is 31.6. The van der Waals surface area contributed by atoms with Crippen molar-refractivity contribution in [2.24, 2.45) is 5.92 Å². The van der Waals surface area contributed by atoms with E-state index in [-0.39, 0.29) is 25.0 Å². The molecule has 1 amide bonds. The van der Waals surface area contributed by atoms with Gasteiger partial charge in [-0.05, 0) is 69.2 Å². The maximum absolute atomic E-state index is 13.8. The highest BCUT2D eigenvalue weighted by atomic mass is 16.5. The number of rotatable bonds is 16. The molecule has 0 aliphatic carbocycles. The number of ether oxygens (including phenoxy) is 3. The Balaban J connectivity index is 1.57. The summed E-state index contributed by atoms with van der Waals surface area (Å²) in [5.41, 5.74) is 2.08. The Labute approximate surface area is 250 Å². The second-order valence-corrected chi connectivity index (χ2v) is 11.6. The summed E-state index contributed by atoms with van der Waals surface area (Å²) < 4.78 is 17.4. The van der Waals surface area contributed by atoms with Gasteiger partial charge in [0, 0.05) is 32.0 Å². The molecule has 0 aromatic heterocycles. The van der Waals surface area contributed by atoms with Crippen molar-refractivity contribution < 1.29 is 28.9 Å². The van der Waals surface area contributed by atoms with Gasteiger partial charge >= 0.3 is 5.97 Å². The lowest BCUT2D eigenvalue weighted by Gasteiger charge is -2.30. The van der Waals surface area contributed by atoms with Crippen LogP contribution in [0.5, 0.6) is 17.2 Å². The molecule has 42 heavy (non-hydrogen) atoms. The van der Waals surface area contributed by atoms with Gasteiger partial charge in [0.2, 0.25) is 5.91 Å². The summed E-state index contributed by atoms with van der Waals surface area (Å²) in [6.07, 6.45) is 4.72. The summed E-state index contributed by atoms with van der Waals surface area (Å²) in [5.74, 6) is 0.151. The number of hydrogen-bond donors (Lipinski definition) is 1. The SMILES string of the molecule is CCCCN(CCCCN(C)C)C(=O)CN1C[C@H](c2ccc3c(c2)CCO3)[C@@H](C(=O)O)[C@@H]1COc1ccccc1OC. The fourth-order valence-corrected chi connectivity index (χ4v) is 6.10. The number of hydrogen-bond acceptors (Lipinski definition) is 7. The van der Waals surface area contributed by atoms with Crippen LogP contribution in [0.15, 0.2) is 42.5 Å². The van der Waals surface area contributed by atoms with E-state index in [1.165, 1.54) is 0 Å². The minimum atomic E-state index is -0.883.